The smallest absolute Gasteiger partial charge is 0.226 e. The van der Waals surface area contributed by atoms with E-state index in [1.165, 1.54) is 0 Å². The van der Waals surface area contributed by atoms with Crippen molar-refractivity contribution >= 4 is 17.4 Å². The van der Waals surface area contributed by atoms with Gasteiger partial charge >= 0.3 is 0 Å². The van der Waals surface area contributed by atoms with E-state index in [0.717, 1.165) is 44.8 Å². The first kappa shape index (κ1) is 13.0. The first-order valence-electron chi connectivity index (χ1n) is 7.14. The summed E-state index contributed by atoms with van der Waals surface area (Å²) in [6, 6.07) is 3.80. The molecule has 1 saturated heterocycles. The summed E-state index contributed by atoms with van der Waals surface area (Å²) in [4.78, 5) is 20.9. The number of rotatable bonds is 2. The molecule has 20 heavy (non-hydrogen) atoms. The molecule has 0 aromatic carbocycles. The van der Waals surface area contributed by atoms with Gasteiger partial charge in [-0.1, -0.05) is 12.2 Å². The van der Waals surface area contributed by atoms with E-state index < -0.39 is 0 Å². The maximum Gasteiger partial charge on any atom is 0.226 e. The van der Waals surface area contributed by atoms with Crippen molar-refractivity contribution in [1.29, 1.82) is 0 Å². The molecule has 2 aliphatic rings. The molecule has 1 fully saturated rings. The Kier molecular flexibility index (Phi) is 3.58. The summed E-state index contributed by atoms with van der Waals surface area (Å²) in [6.07, 6.45) is 7.70. The highest BCUT2D eigenvalue weighted by Gasteiger charge is 2.27. The molecule has 0 atom stereocenters. The van der Waals surface area contributed by atoms with Crippen LogP contribution in [0.15, 0.2) is 30.5 Å². The van der Waals surface area contributed by atoms with Gasteiger partial charge in [-0.25, -0.2) is 4.98 Å². The SMILES string of the molecule is Nc1ccc(N2CCN(C(=O)C3CC=CC3)CC2)nc1. The quantitative estimate of drug-likeness (QED) is 0.824. The maximum absolute atomic E-state index is 12.3. The number of pyridine rings is 1. The summed E-state index contributed by atoms with van der Waals surface area (Å²) in [5.41, 5.74) is 6.33. The average molecular weight is 272 g/mol. The third-order valence-corrected chi connectivity index (χ3v) is 4.04. The Balaban J connectivity index is 1.56. The summed E-state index contributed by atoms with van der Waals surface area (Å²) in [5.74, 6) is 1.42. The Bertz CT molecular complexity index is 495. The summed E-state index contributed by atoms with van der Waals surface area (Å²) < 4.78 is 0. The molecule has 1 aromatic rings. The van der Waals surface area contributed by atoms with E-state index in [-0.39, 0.29) is 5.92 Å². The first-order valence-corrected chi connectivity index (χ1v) is 7.14. The summed E-state index contributed by atoms with van der Waals surface area (Å²) in [7, 11) is 0. The zero-order valence-corrected chi connectivity index (χ0v) is 11.5. The molecule has 0 radical (unpaired) electrons. The number of allylic oxidation sites excluding steroid dienone is 2. The lowest BCUT2D eigenvalue weighted by atomic mass is 10.1. The molecule has 106 valence electrons. The summed E-state index contributed by atoms with van der Waals surface area (Å²) in [5, 5.41) is 0. The van der Waals surface area contributed by atoms with Crippen LogP contribution < -0.4 is 10.6 Å². The molecule has 0 saturated carbocycles. The zero-order valence-electron chi connectivity index (χ0n) is 11.5. The van der Waals surface area contributed by atoms with Crippen molar-refractivity contribution in [3.05, 3.63) is 30.5 Å². The van der Waals surface area contributed by atoms with Crippen molar-refractivity contribution in [3.63, 3.8) is 0 Å². The van der Waals surface area contributed by atoms with Gasteiger partial charge in [-0.3, -0.25) is 4.79 Å². The second kappa shape index (κ2) is 5.53. The third-order valence-electron chi connectivity index (χ3n) is 4.04. The lowest BCUT2D eigenvalue weighted by Gasteiger charge is -2.36. The van der Waals surface area contributed by atoms with E-state index in [4.69, 9.17) is 5.73 Å². The van der Waals surface area contributed by atoms with Crippen LogP contribution in [-0.2, 0) is 4.79 Å². The number of aromatic nitrogens is 1. The molecular formula is C15H20N4O. The van der Waals surface area contributed by atoms with Gasteiger partial charge in [-0.2, -0.15) is 0 Å². The number of piperazine rings is 1. The van der Waals surface area contributed by atoms with Crippen LogP contribution in [0.2, 0.25) is 0 Å². The lowest BCUT2D eigenvalue weighted by molar-refractivity contribution is -0.135. The highest BCUT2D eigenvalue weighted by atomic mass is 16.2. The van der Waals surface area contributed by atoms with Gasteiger partial charge in [0.15, 0.2) is 0 Å². The van der Waals surface area contributed by atoms with E-state index in [2.05, 4.69) is 22.0 Å². The van der Waals surface area contributed by atoms with Crippen molar-refractivity contribution in [3.8, 4) is 0 Å². The number of carbonyl (C=O) groups is 1. The minimum atomic E-state index is 0.177. The molecule has 0 spiro atoms. The van der Waals surface area contributed by atoms with Gasteiger partial charge < -0.3 is 15.5 Å². The molecule has 0 unspecified atom stereocenters. The molecule has 5 nitrogen and oxygen atoms in total. The molecule has 2 N–H and O–H groups in total. The van der Waals surface area contributed by atoms with Crippen LogP contribution in [0.5, 0.6) is 0 Å². The Labute approximate surface area is 119 Å². The monoisotopic (exact) mass is 272 g/mol. The fraction of sp³-hybridized carbons (Fsp3) is 0.467. The predicted molar refractivity (Wildman–Crippen MR) is 79.3 cm³/mol. The van der Waals surface area contributed by atoms with Crippen molar-refractivity contribution in [2.75, 3.05) is 36.8 Å². The fourth-order valence-corrected chi connectivity index (χ4v) is 2.82. The van der Waals surface area contributed by atoms with E-state index in [1.807, 2.05) is 17.0 Å². The maximum atomic E-state index is 12.3. The van der Waals surface area contributed by atoms with Gasteiger partial charge in [-0.15, -0.1) is 0 Å². The van der Waals surface area contributed by atoms with Crippen LogP contribution in [0.3, 0.4) is 0 Å². The number of carbonyl (C=O) groups excluding carboxylic acids is 1. The number of hydrogen-bond donors (Lipinski definition) is 1. The van der Waals surface area contributed by atoms with Gasteiger partial charge in [0.1, 0.15) is 5.82 Å². The highest BCUT2D eigenvalue weighted by Crippen LogP contribution is 2.22. The predicted octanol–water partition coefficient (Wildman–Crippen LogP) is 1.28. The van der Waals surface area contributed by atoms with Crippen LogP contribution in [0, 0.1) is 5.92 Å². The number of anilines is 2. The van der Waals surface area contributed by atoms with E-state index in [9.17, 15) is 4.79 Å². The second-order valence-electron chi connectivity index (χ2n) is 5.40. The zero-order chi connectivity index (χ0) is 13.9. The number of nitrogen functional groups attached to an aromatic ring is 1. The Morgan fingerprint density at radius 1 is 1.15 bits per heavy atom. The van der Waals surface area contributed by atoms with E-state index in [0.29, 0.717) is 11.6 Å². The van der Waals surface area contributed by atoms with Crippen molar-refractivity contribution < 1.29 is 4.79 Å². The molecule has 1 aliphatic carbocycles. The van der Waals surface area contributed by atoms with Gasteiger partial charge in [0.25, 0.3) is 0 Å². The average Bonchev–Trinajstić information content (AvgIpc) is 3.02. The van der Waals surface area contributed by atoms with Gasteiger partial charge in [0.05, 0.1) is 11.9 Å². The Morgan fingerprint density at radius 2 is 1.85 bits per heavy atom. The van der Waals surface area contributed by atoms with E-state index in [1.54, 1.807) is 6.20 Å². The number of amides is 1. The number of nitrogens with zero attached hydrogens (tertiary/aromatic N) is 3. The standard InChI is InChI=1S/C15H20N4O/c16-13-5-6-14(17-11-13)18-7-9-19(10-8-18)15(20)12-3-1-2-4-12/h1-2,5-6,11-12H,3-4,7-10,16H2. The first-order chi connectivity index (χ1) is 9.74. The minimum Gasteiger partial charge on any atom is -0.397 e. The van der Waals surface area contributed by atoms with Crippen molar-refractivity contribution in [1.82, 2.24) is 9.88 Å². The molecule has 1 amide bonds. The van der Waals surface area contributed by atoms with Crippen LogP contribution in [0.4, 0.5) is 11.5 Å². The molecule has 0 bridgehead atoms. The van der Waals surface area contributed by atoms with Crippen LogP contribution in [0.1, 0.15) is 12.8 Å². The summed E-state index contributed by atoms with van der Waals surface area (Å²) in [6.45, 7) is 3.23. The van der Waals surface area contributed by atoms with Crippen LogP contribution >= 0.6 is 0 Å². The topological polar surface area (TPSA) is 62.5 Å². The number of nitrogens with two attached hydrogens (primary N) is 1. The second-order valence-corrected chi connectivity index (χ2v) is 5.40. The molecule has 1 aliphatic heterocycles. The molecular weight excluding hydrogens is 252 g/mol. The van der Waals surface area contributed by atoms with Crippen molar-refractivity contribution in [2.24, 2.45) is 5.92 Å². The molecule has 2 heterocycles. The normalized spacial score (nSPS) is 19.6. The minimum absolute atomic E-state index is 0.177. The van der Waals surface area contributed by atoms with Gasteiger partial charge in [-0.05, 0) is 25.0 Å². The van der Waals surface area contributed by atoms with Gasteiger partial charge in [0.2, 0.25) is 5.91 Å². The molecule has 1 aromatic heterocycles. The van der Waals surface area contributed by atoms with Crippen LogP contribution in [0.25, 0.3) is 0 Å². The van der Waals surface area contributed by atoms with Crippen molar-refractivity contribution in [2.45, 2.75) is 12.8 Å². The van der Waals surface area contributed by atoms with E-state index >= 15 is 0 Å². The Hall–Kier alpha value is -2.04. The third kappa shape index (κ3) is 2.61. The lowest BCUT2D eigenvalue weighted by Crippen LogP contribution is -2.50. The number of hydrogen-bond acceptors (Lipinski definition) is 4. The fourth-order valence-electron chi connectivity index (χ4n) is 2.82. The Morgan fingerprint density at radius 3 is 2.45 bits per heavy atom. The highest BCUT2D eigenvalue weighted by molar-refractivity contribution is 5.80. The van der Waals surface area contributed by atoms with Gasteiger partial charge in [0, 0.05) is 32.1 Å². The molecule has 5 heteroatoms. The van der Waals surface area contributed by atoms with Crippen LogP contribution in [-0.4, -0.2) is 42.0 Å². The molecule has 3 rings (SSSR count). The largest absolute Gasteiger partial charge is 0.397 e. The summed E-state index contributed by atoms with van der Waals surface area (Å²) >= 11 is 0.